The van der Waals surface area contributed by atoms with E-state index in [1.807, 2.05) is 4.90 Å². The number of nitrogens with one attached hydrogen (secondary N) is 2. The summed E-state index contributed by atoms with van der Waals surface area (Å²) in [7, 11) is 0. The Hall–Kier alpha value is -1.50. The van der Waals surface area contributed by atoms with Gasteiger partial charge in [0.25, 0.3) is 0 Å². The highest BCUT2D eigenvalue weighted by Crippen LogP contribution is 2.33. The third-order valence-corrected chi connectivity index (χ3v) is 5.23. The number of piperidine rings is 1. The molecular formula is C18H26FN3O2. The third-order valence-electron chi connectivity index (χ3n) is 5.23. The van der Waals surface area contributed by atoms with Crippen molar-refractivity contribution in [1.82, 2.24) is 15.8 Å². The fourth-order valence-electron chi connectivity index (χ4n) is 3.58. The number of hydrazine groups is 1. The van der Waals surface area contributed by atoms with Gasteiger partial charge in [0.2, 0.25) is 5.91 Å². The number of amides is 1. The Morgan fingerprint density at radius 1 is 1.21 bits per heavy atom. The van der Waals surface area contributed by atoms with Crippen LogP contribution in [0.3, 0.4) is 0 Å². The smallest absolute Gasteiger partial charge is 0.222 e. The quantitative estimate of drug-likeness (QED) is 0.764. The molecule has 0 radical (unpaired) electrons. The Labute approximate surface area is 142 Å². The van der Waals surface area contributed by atoms with Crippen LogP contribution < -0.4 is 10.9 Å². The number of nitrogens with zero attached hydrogens (tertiary/aromatic N) is 1. The zero-order valence-electron chi connectivity index (χ0n) is 13.9. The van der Waals surface area contributed by atoms with Gasteiger partial charge in [0.1, 0.15) is 5.82 Å². The highest BCUT2D eigenvalue weighted by Gasteiger charge is 2.35. The number of aliphatic hydroxyl groups is 1. The maximum Gasteiger partial charge on any atom is 0.222 e. The molecule has 0 aromatic heterocycles. The molecule has 2 fully saturated rings. The molecule has 3 N–H and O–H groups in total. The summed E-state index contributed by atoms with van der Waals surface area (Å²) < 4.78 is 13.0. The Bertz CT molecular complexity index is 550. The van der Waals surface area contributed by atoms with E-state index in [1.54, 1.807) is 12.1 Å². The number of hydrogen-bond acceptors (Lipinski definition) is 4. The number of likely N-dealkylation sites (tertiary alicyclic amines) is 1. The molecule has 0 saturated carbocycles. The second-order valence-electron chi connectivity index (χ2n) is 6.94. The second-order valence-corrected chi connectivity index (χ2v) is 6.94. The zero-order chi connectivity index (χ0) is 17.0. The fraction of sp³-hybridized carbons (Fsp3) is 0.611. The summed E-state index contributed by atoms with van der Waals surface area (Å²) in [6, 6.07) is 6.02. The second kappa shape index (κ2) is 7.59. The monoisotopic (exact) mass is 335 g/mol. The van der Waals surface area contributed by atoms with Gasteiger partial charge in [-0.05, 0) is 49.3 Å². The molecule has 0 bridgehead atoms. The van der Waals surface area contributed by atoms with E-state index in [-0.39, 0.29) is 11.7 Å². The van der Waals surface area contributed by atoms with Gasteiger partial charge >= 0.3 is 0 Å². The standard InChI is InChI=1S/C18H26FN3O2/c19-16-6-4-15(5-7-16)18(24)8-10-22(11-9-18)17(23)3-1-2-14-12-20-21-13-14/h4-7,14,20-21,24H,1-3,8-13H2. The molecule has 0 aliphatic carbocycles. The maximum atomic E-state index is 13.0. The number of halogens is 1. The van der Waals surface area contributed by atoms with Crippen molar-refractivity contribution >= 4 is 5.91 Å². The number of hydrogen-bond donors (Lipinski definition) is 3. The number of carbonyl (C=O) groups excluding carboxylic acids is 1. The van der Waals surface area contributed by atoms with Crippen LogP contribution in [0.1, 0.15) is 37.7 Å². The van der Waals surface area contributed by atoms with Crippen molar-refractivity contribution < 1.29 is 14.3 Å². The van der Waals surface area contributed by atoms with Crippen LogP contribution >= 0.6 is 0 Å². The first-order chi connectivity index (χ1) is 11.6. The molecule has 1 amide bonds. The predicted molar refractivity (Wildman–Crippen MR) is 89.5 cm³/mol. The average Bonchev–Trinajstić information content (AvgIpc) is 3.09. The molecule has 3 rings (SSSR count). The van der Waals surface area contributed by atoms with Gasteiger partial charge in [-0.15, -0.1) is 0 Å². The largest absolute Gasteiger partial charge is 0.385 e. The van der Waals surface area contributed by atoms with E-state index in [4.69, 9.17) is 0 Å². The van der Waals surface area contributed by atoms with E-state index in [9.17, 15) is 14.3 Å². The van der Waals surface area contributed by atoms with Crippen molar-refractivity contribution in [3.8, 4) is 0 Å². The lowest BCUT2D eigenvalue weighted by Gasteiger charge is -2.38. The third kappa shape index (κ3) is 4.12. The number of rotatable bonds is 5. The normalized spacial score (nSPS) is 21.2. The molecule has 6 heteroatoms. The maximum absolute atomic E-state index is 13.0. The summed E-state index contributed by atoms with van der Waals surface area (Å²) in [4.78, 5) is 14.2. The van der Waals surface area contributed by atoms with Crippen molar-refractivity contribution in [1.29, 1.82) is 0 Å². The van der Waals surface area contributed by atoms with Crippen LogP contribution in [-0.4, -0.2) is 42.1 Å². The molecule has 2 aliphatic rings. The van der Waals surface area contributed by atoms with Gasteiger partial charge in [-0.25, -0.2) is 4.39 Å². The number of benzene rings is 1. The molecule has 2 aliphatic heterocycles. The highest BCUT2D eigenvalue weighted by atomic mass is 19.1. The highest BCUT2D eigenvalue weighted by molar-refractivity contribution is 5.76. The van der Waals surface area contributed by atoms with Crippen LogP contribution in [0.5, 0.6) is 0 Å². The molecule has 132 valence electrons. The summed E-state index contributed by atoms with van der Waals surface area (Å²) in [5, 5.41) is 10.8. The van der Waals surface area contributed by atoms with Gasteiger partial charge in [-0.1, -0.05) is 12.1 Å². The van der Waals surface area contributed by atoms with Gasteiger partial charge in [0.05, 0.1) is 5.60 Å². The van der Waals surface area contributed by atoms with Crippen LogP contribution in [0, 0.1) is 11.7 Å². The lowest BCUT2D eigenvalue weighted by atomic mass is 9.84. The Kier molecular flexibility index (Phi) is 5.48. The minimum Gasteiger partial charge on any atom is -0.385 e. The molecule has 0 unspecified atom stereocenters. The molecular weight excluding hydrogens is 309 g/mol. The summed E-state index contributed by atoms with van der Waals surface area (Å²) in [5.41, 5.74) is 5.99. The van der Waals surface area contributed by atoms with Crippen LogP contribution in [0.2, 0.25) is 0 Å². The summed E-state index contributed by atoms with van der Waals surface area (Å²) in [5.74, 6) is 0.487. The topological polar surface area (TPSA) is 64.6 Å². The van der Waals surface area contributed by atoms with Crippen LogP contribution in [0.25, 0.3) is 0 Å². The molecule has 2 heterocycles. The average molecular weight is 335 g/mol. The van der Waals surface area contributed by atoms with Crippen molar-refractivity contribution in [3.05, 3.63) is 35.6 Å². The van der Waals surface area contributed by atoms with Crippen molar-refractivity contribution in [2.24, 2.45) is 5.92 Å². The Balaban J connectivity index is 1.45. The zero-order valence-corrected chi connectivity index (χ0v) is 13.9. The van der Waals surface area contributed by atoms with Gasteiger partial charge in [0, 0.05) is 32.6 Å². The van der Waals surface area contributed by atoms with Crippen molar-refractivity contribution in [3.63, 3.8) is 0 Å². The van der Waals surface area contributed by atoms with Gasteiger partial charge < -0.3 is 10.0 Å². The van der Waals surface area contributed by atoms with E-state index in [2.05, 4.69) is 10.9 Å². The predicted octanol–water partition coefficient (Wildman–Crippen LogP) is 1.53. The van der Waals surface area contributed by atoms with E-state index in [0.29, 0.717) is 38.3 Å². The summed E-state index contributed by atoms with van der Waals surface area (Å²) in [6.07, 6.45) is 3.54. The van der Waals surface area contributed by atoms with E-state index >= 15 is 0 Å². The molecule has 0 spiro atoms. The minimum atomic E-state index is -0.953. The lowest BCUT2D eigenvalue weighted by molar-refractivity contribution is -0.135. The van der Waals surface area contributed by atoms with E-state index in [1.165, 1.54) is 12.1 Å². The van der Waals surface area contributed by atoms with Gasteiger partial charge in [-0.2, -0.15) is 0 Å². The SMILES string of the molecule is O=C(CCCC1CNNC1)N1CCC(O)(c2ccc(F)cc2)CC1. The first-order valence-electron chi connectivity index (χ1n) is 8.79. The molecule has 1 aromatic carbocycles. The van der Waals surface area contributed by atoms with E-state index < -0.39 is 5.60 Å². The molecule has 1 aromatic rings. The molecule has 24 heavy (non-hydrogen) atoms. The first-order valence-corrected chi connectivity index (χ1v) is 8.79. The molecule has 0 atom stereocenters. The van der Waals surface area contributed by atoms with Crippen LogP contribution in [0.15, 0.2) is 24.3 Å². The van der Waals surface area contributed by atoms with Crippen LogP contribution in [0.4, 0.5) is 4.39 Å². The van der Waals surface area contributed by atoms with Crippen LogP contribution in [-0.2, 0) is 10.4 Å². The van der Waals surface area contributed by atoms with Gasteiger partial charge in [-0.3, -0.25) is 15.6 Å². The van der Waals surface area contributed by atoms with Gasteiger partial charge in [0.15, 0.2) is 0 Å². The first kappa shape index (κ1) is 17.3. The number of carbonyl (C=O) groups is 1. The fourth-order valence-corrected chi connectivity index (χ4v) is 3.58. The lowest BCUT2D eigenvalue weighted by Crippen LogP contribution is -2.45. The molecule has 5 nitrogen and oxygen atoms in total. The minimum absolute atomic E-state index is 0.176. The summed E-state index contributed by atoms with van der Waals surface area (Å²) in [6.45, 7) is 3.06. The Morgan fingerprint density at radius 3 is 2.46 bits per heavy atom. The Morgan fingerprint density at radius 2 is 1.83 bits per heavy atom. The summed E-state index contributed by atoms with van der Waals surface area (Å²) >= 11 is 0. The van der Waals surface area contributed by atoms with E-state index in [0.717, 1.165) is 31.5 Å². The van der Waals surface area contributed by atoms with Crippen molar-refractivity contribution in [2.45, 2.75) is 37.7 Å². The molecule has 2 saturated heterocycles. The van der Waals surface area contributed by atoms with Crippen molar-refractivity contribution in [2.75, 3.05) is 26.2 Å².